The zero-order valence-corrected chi connectivity index (χ0v) is 8.15. The largest absolute Gasteiger partial charge is 0.394 e. The van der Waals surface area contributed by atoms with E-state index in [4.69, 9.17) is 10.2 Å². The van der Waals surface area contributed by atoms with Gasteiger partial charge in [-0.2, -0.15) is 0 Å². The summed E-state index contributed by atoms with van der Waals surface area (Å²) >= 11 is 0. The molecule has 0 aromatic heterocycles. The zero-order valence-electron chi connectivity index (χ0n) is 8.15. The molecule has 6 nitrogen and oxygen atoms in total. The van der Waals surface area contributed by atoms with Gasteiger partial charge in [-0.3, -0.25) is 0 Å². The van der Waals surface area contributed by atoms with Crippen molar-refractivity contribution < 1.29 is 29.6 Å². The molecule has 0 unspecified atom stereocenters. The lowest BCUT2D eigenvalue weighted by Gasteiger charge is -1.97. The van der Waals surface area contributed by atoms with Gasteiger partial charge < -0.3 is 10.2 Å². The molecule has 0 aliphatic carbocycles. The van der Waals surface area contributed by atoms with Crippen LogP contribution in [0.2, 0.25) is 0 Å². The SMILES string of the molecule is C=C(C)C(=O)OOC(C)=O.OCCO. The number of aliphatic hydroxyl groups excluding tert-OH is 2. The van der Waals surface area contributed by atoms with E-state index in [2.05, 4.69) is 16.4 Å². The Hall–Kier alpha value is -1.40. The van der Waals surface area contributed by atoms with Crippen molar-refractivity contribution in [1.29, 1.82) is 0 Å². The molecule has 82 valence electrons. The van der Waals surface area contributed by atoms with Crippen molar-refractivity contribution >= 4 is 11.9 Å². The summed E-state index contributed by atoms with van der Waals surface area (Å²) in [6.07, 6.45) is 0. The molecule has 0 aromatic carbocycles. The average molecular weight is 206 g/mol. The fourth-order valence-electron chi connectivity index (χ4n) is 0.168. The van der Waals surface area contributed by atoms with E-state index in [0.717, 1.165) is 6.92 Å². The summed E-state index contributed by atoms with van der Waals surface area (Å²) in [6, 6.07) is 0. The third-order valence-corrected chi connectivity index (χ3v) is 0.683. The van der Waals surface area contributed by atoms with E-state index < -0.39 is 11.9 Å². The van der Waals surface area contributed by atoms with Gasteiger partial charge in [-0.15, -0.1) is 0 Å². The van der Waals surface area contributed by atoms with Crippen molar-refractivity contribution in [3.8, 4) is 0 Å². The molecule has 0 amide bonds. The van der Waals surface area contributed by atoms with Gasteiger partial charge in [0.05, 0.1) is 13.2 Å². The van der Waals surface area contributed by atoms with E-state index >= 15 is 0 Å². The fourth-order valence-corrected chi connectivity index (χ4v) is 0.168. The van der Waals surface area contributed by atoms with Gasteiger partial charge in [-0.1, -0.05) is 6.58 Å². The second-order valence-corrected chi connectivity index (χ2v) is 2.17. The van der Waals surface area contributed by atoms with Gasteiger partial charge in [-0.05, 0) is 6.92 Å². The van der Waals surface area contributed by atoms with Crippen LogP contribution in [0.25, 0.3) is 0 Å². The molecule has 14 heavy (non-hydrogen) atoms. The lowest BCUT2D eigenvalue weighted by atomic mass is 10.4. The molecule has 0 saturated heterocycles. The van der Waals surface area contributed by atoms with Gasteiger partial charge in [0.1, 0.15) is 0 Å². The predicted octanol–water partition coefficient (Wildman–Crippen LogP) is -0.445. The van der Waals surface area contributed by atoms with Gasteiger partial charge in [0.15, 0.2) is 0 Å². The number of hydrogen-bond donors (Lipinski definition) is 2. The predicted molar refractivity (Wildman–Crippen MR) is 46.8 cm³/mol. The third kappa shape index (κ3) is 13.2. The van der Waals surface area contributed by atoms with E-state index in [0.29, 0.717) is 0 Å². The van der Waals surface area contributed by atoms with Crippen molar-refractivity contribution in [3.63, 3.8) is 0 Å². The highest BCUT2D eigenvalue weighted by Crippen LogP contribution is 1.92. The van der Waals surface area contributed by atoms with Crippen LogP contribution in [0.4, 0.5) is 0 Å². The van der Waals surface area contributed by atoms with Crippen LogP contribution >= 0.6 is 0 Å². The Kier molecular flexibility index (Phi) is 10.4. The lowest BCUT2D eigenvalue weighted by molar-refractivity contribution is -0.253. The summed E-state index contributed by atoms with van der Waals surface area (Å²) in [4.78, 5) is 28.4. The number of carbonyl (C=O) groups excluding carboxylic acids is 2. The summed E-state index contributed by atoms with van der Waals surface area (Å²) in [7, 11) is 0. The molecular weight excluding hydrogens is 192 g/mol. The average Bonchev–Trinajstić information content (AvgIpc) is 2.14. The minimum atomic E-state index is -0.741. The number of carbonyl (C=O) groups is 2. The first-order valence-electron chi connectivity index (χ1n) is 3.72. The van der Waals surface area contributed by atoms with Gasteiger partial charge in [0.25, 0.3) is 0 Å². The Labute approximate surface area is 81.7 Å². The first-order chi connectivity index (χ1) is 6.45. The minimum Gasteiger partial charge on any atom is -0.394 e. The molecule has 0 fully saturated rings. The standard InChI is InChI=1S/C6H8O4.C2H6O2/c1-4(2)6(8)10-9-5(3)7;3-1-2-4/h1H2,2-3H3;3-4H,1-2H2. The molecule has 0 saturated carbocycles. The van der Waals surface area contributed by atoms with Crippen molar-refractivity contribution in [2.24, 2.45) is 0 Å². The third-order valence-electron chi connectivity index (χ3n) is 0.683. The first-order valence-corrected chi connectivity index (χ1v) is 3.72. The second-order valence-electron chi connectivity index (χ2n) is 2.17. The molecule has 0 radical (unpaired) electrons. The maximum absolute atomic E-state index is 10.4. The molecule has 0 aromatic rings. The summed E-state index contributed by atoms with van der Waals surface area (Å²) in [5.41, 5.74) is 0.182. The van der Waals surface area contributed by atoms with Gasteiger partial charge in [-0.25, -0.2) is 19.4 Å². The van der Waals surface area contributed by atoms with E-state index in [9.17, 15) is 9.59 Å². The molecule has 0 atom stereocenters. The van der Waals surface area contributed by atoms with Crippen LogP contribution in [0.5, 0.6) is 0 Å². The van der Waals surface area contributed by atoms with Crippen LogP contribution in [0.1, 0.15) is 13.8 Å². The van der Waals surface area contributed by atoms with Crippen LogP contribution in [0, 0.1) is 0 Å². The quantitative estimate of drug-likeness (QED) is 0.361. The highest BCUT2D eigenvalue weighted by molar-refractivity contribution is 5.87. The Bertz CT molecular complexity index is 196. The van der Waals surface area contributed by atoms with Crippen molar-refractivity contribution in [2.45, 2.75) is 13.8 Å². The molecule has 2 N–H and O–H groups in total. The second kappa shape index (κ2) is 9.69. The molecule has 0 aliphatic rings. The van der Waals surface area contributed by atoms with Gasteiger partial charge >= 0.3 is 11.9 Å². The molecule has 0 heterocycles. The number of rotatable bonds is 2. The van der Waals surface area contributed by atoms with Crippen molar-refractivity contribution in [3.05, 3.63) is 12.2 Å². The van der Waals surface area contributed by atoms with E-state index in [1.54, 1.807) is 0 Å². The number of hydrogen-bond acceptors (Lipinski definition) is 6. The van der Waals surface area contributed by atoms with Crippen molar-refractivity contribution in [2.75, 3.05) is 13.2 Å². The molecule has 0 bridgehead atoms. The van der Waals surface area contributed by atoms with Crippen LogP contribution in [-0.2, 0) is 19.4 Å². The lowest BCUT2D eigenvalue weighted by Crippen LogP contribution is -2.08. The maximum atomic E-state index is 10.4. The van der Waals surface area contributed by atoms with Crippen molar-refractivity contribution in [1.82, 2.24) is 0 Å². The monoisotopic (exact) mass is 206 g/mol. The maximum Gasteiger partial charge on any atom is 0.381 e. The Morgan fingerprint density at radius 3 is 1.79 bits per heavy atom. The molecule has 6 heteroatoms. The Morgan fingerprint density at radius 2 is 1.57 bits per heavy atom. The van der Waals surface area contributed by atoms with Crippen LogP contribution in [0.15, 0.2) is 12.2 Å². The molecule has 0 rings (SSSR count). The van der Waals surface area contributed by atoms with E-state index in [1.165, 1.54) is 6.92 Å². The number of aliphatic hydroxyl groups is 2. The molecule has 0 spiro atoms. The first kappa shape index (κ1) is 15.1. The highest BCUT2D eigenvalue weighted by Gasteiger charge is 2.05. The Balaban J connectivity index is 0. The summed E-state index contributed by atoms with van der Waals surface area (Å²) < 4.78 is 0. The molecule has 0 aliphatic heterocycles. The van der Waals surface area contributed by atoms with Gasteiger partial charge in [0.2, 0.25) is 0 Å². The van der Waals surface area contributed by atoms with Crippen LogP contribution in [0.3, 0.4) is 0 Å². The summed E-state index contributed by atoms with van der Waals surface area (Å²) in [5.74, 6) is -1.41. The molecular formula is C8H14O6. The smallest absolute Gasteiger partial charge is 0.381 e. The van der Waals surface area contributed by atoms with E-state index in [-0.39, 0.29) is 18.8 Å². The van der Waals surface area contributed by atoms with Crippen LogP contribution in [-0.4, -0.2) is 35.4 Å². The summed E-state index contributed by atoms with van der Waals surface area (Å²) in [5, 5.41) is 15.2. The normalized spacial score (nSPS) is 8.00. The minimum absolute atomic E-state index is 0.125. The fraction of sp³-hybridized carbons (Fsp3) is 0.500. The van der Waals surface area contributed by atoms with Crippen LogP contribution < -0.4 is 0 Å². The Morgan fingerprint density at radius 1 is 1.14 bits per heavy atom. The van der Waals surface area contributed by atoms with E-state index in [1.807, 2.05) is 0 Å². The highest BCUT2D eigenvalue weighted by atomic mass is 17.2. The topological polar surface area (TPSA) is 93.1 Å². The van der Waals surface area contributed by atoms with Gasteiger partial charge in [0, 0.05) is 12.5 Å². The zero-order chi connectivity index (χ0) is 11.6. The summed E-state index contributed by atoms with van der Waals surface area (Å²) in [6.45, 7) is 5.60.